The SMILES string of the molecule is C=CCC(C)CCCCO. The molecule has 0 saturated heterocycles. The summed E-state index contributed by atoms with van der Waals surface area (Å²) in [5.41, 5.74) is 0. The Hall–Kier alpha value is -0.300. The summed E-state index contributed by atoms with van der Waals surface area (Å²) in [7, 11) is 0. The topological polar surface area (TPSA) is 20.2 Å². The van der Waals surface area contributed by atoms with E-state index in [0.29, 0.717) is 6.61 Å². The van der Waals surface area contributed by atoms with Crippen molar-refractivity contribution in [3.05, 3.63) is 12.7 Å². The number of unbranched alkanes of at least 4 members (excludes halogenated alkanes) is 1. The van der Waals surface area contributed by atoms with Gasteiger partial charge in [-0.3, -0.25) is 0 Å². The molecule has 0 aromatic heterocycles. The molecule has 1 nitrogen and oxygen atoms in total. The Morgan fingerprint density at radius 1 is 1.50 bits per heavy atom. The summed E-state index contributed by atoms with van der Waals surface area (Å²) >= 11 is 0. The van der Waals surface area contributed by atoms with Crippen LogP contribution in [0.2, 0.25) is 0 Å². The molecule has 10 heavy (non-hydrogen) atoms. The molecule has 1 atom stereocenters. The summed E-state index contributed by atoms with van der Waals surface area (Å²) in [6.45, 7) is 6.23. The van der Waals surface area contributed by atoms with E-state index in [-0.39, 0.29) is 0 Å². The highest BCUT2D eigenvalue weighted by Crippen LogP contribution is 2.11. The van der Waals surface area contributed by atoms with Crippen LogP contribution in [-0.4, -0.2) is 11.7 Å². The molecule has 1 unspecified atom stereocenters. The number of hydrogen-bond acceptors (Lipinski definition) is 1. The summed E-state index contributed by atoms with van der Waals surface area (Å²) in [4.78, 5) is 0. The lowest BCUT2D eigenvalue weighted by molar-refractivity contribution is 0.279. The van der Waals surface area contributed by atoms with Crippen LogP contribution in [0.3, 0.4) is 0 Å². The zero-order chi connectivity index (χ0) is 7.82. The maximum atomic E-state index is 8.49. The van der Waals surface area contributed by atoms with Gasteiger partial charge in [-0.05, 0) is 18.8 Å². The van der Waals surface area contributed by atoms with Crippen LogP contribution in [0.1, 0.15) is 32.6 Å². The molecule has 0 aliphatic heterocycles. The van der Waals surface area contributed by atoms with E-state index in [9.17, 15) is 0 Å². The van der Waals surface area contributed by atoms with Crippen LogP contribution in [0, 0.1) is 5.92 Å². The lowest BCUT2D eigenvalue weighted by Gasteiger charge is -2.06. The zero-order valence-electron chi connectivity index (χ0n) is 6.84. The molecular weight excluding hydrogens is 124 g/mol. The van der Waals surface area contributed by atoms with Gasteiger partial charge in [-0.15, -0.1) is 6.58 Å². The molecule has 0 spiro atoms. The van der Waals surface area contributed by atoms with Crippen molar-refractivity contribution in [3.63, 3.8) is 0 Å². The molecule has 0 amide bonds. The second kappa shape index (κ2) is 6.81. The minimum absolute atomic E-state index is 0.334. The highest BCUT2D eigenvalue weighted by Gasteiger charge is 1.97. The molecular formula is C9H18O. The van der Waals surface area contributed by atoms with Crippen LogP contribution < -0.4 is 0 Å². The smallest absolute Gasteiger partial charge is 0.0431 e. The highest BCUT2D eigenvalue weighted by molar-refractivity contribution is 4.70. The van der Waals surface area contributed by atoms with E-state index in [0.717, 1.165) is 25.2 Å². The Morgan fingerprint density at radius 3 is 2.70 bits per heavy atom. The predicted molar refractivity (Wildman–Crippen MR) is 44.9 cm³/mol. The van der Waals surface area contributed by atoms with Gasteiger partial charge in [0.25, 0.3) is 0 Å². The van der Waals surface area contributed by atoms with Gasteiger partial charge in [-0.25, -0.2) is 0 Å². The maximum Gasteiger partial charge on any atom is 0.0431 e. The molecule has 0 saturated carbocycles. The van der Waals surface area contributed by atoms with Gasteiger partial charge in [0.15, 0.2) is 0 Å². The van der Waals surface area contributed by atoms with E-state index in [1.54, 1.807) is 0 Å². The Kier molecular flexibility index (Phi) is 6.61. The van der Waals surface area contributed by atoms with Crippen molar-refractivity contribution < 1.29 is 5.11 Å². The Morgan fingerprint density at radius 2 is 2.20 bits per heavy atom. The van der Waals surface area contributed by atoms with Crippen molar-refractivity contribution in [1.29, 1.82) is 0 Å². The third kappa shape index (κ3) is 5.83. The van der Waals surface area contributed by atoms with Crippen molar-refractivity contribution in [3.8, 4) is 0 Å². The summed E-state index contributed by atoms with van der Waals surface area (Å²) < 4.78 is 0. The zero-order valence-corrected chi connectivity index (χ0v) is 6.84. The molecule has 0 rings (SSSR count). The summed E-state index contributed by atoms with van der Waals surface area (Å²) in [6.07, 6.45) is 6.37. The van der Waals surface area contributed by atoms with Crippen LogP contribution in [0.15, 0.2) is 12.7 Å². The summed E-state index contributed by atoms with van der Waals surface area (Å²) in [6, 6.07) is 0. The number of allylic oxidation sites excluding steroid dienone is 1. The van der Waals surface area contributed by atoms with Gasteiger partial charge < -0.3 is 5.11 Å². The lowest BCUT2D eigenvalue weighted by atomic mass is 10.0. The van der Waals surface area contributed by atoms with Crippen LogP contribution in [0.5, 0.6) is 0 Å². The third-order valence-corrected chi connectivity index (χ3v) is 1.67. The molecule has 1 N–H and O–H groups in total. The van der Waals surface area contributed by atoms with Gasteiger partial charge >= 0.3 is 0 Å². The molecule has 0 radical (unpaired) electrons. The first-order valence-corrected chi connectivity index (χ1v) is 4.03. The van der Waals surface area contributed by atoms with Crippen LogP contribution >= 0.6 is 0 Å². The van der Waals surface area contributed by atoms with Crippen molar-refractivity contribution in [2.45, 2.75) is 32.6 Å². The van der Waals surface area contributed by atoms with E-state index in [2.05, 4.69) is 13.5 Å². The number of aliphatic hydroxyl groups excluding tert-OH is 1. The minimum Gasteiger partial charge on any atom is -0.396 e. The fourth-order valence-electron chi connectivity index (χ4n) is 1.01. The van der Waals surface area contributed by atoms with Crippen LogP contribution in [0.4, 0.5) is 0 Å². The first kappa shape index (κ1) is 9.70. The monoisotopic (exact) mass is 142 g/mol. The molecule has 0 aliphatic rings. The van der Waals surface area contributed by atoms with E-state index < -0.39 is 0 Å². The van der Waals surface area contributed by atoms with E-state index in [1.165, 1.54) is 6.42 Å². The average Bonchev–Trinajstić information content (AvgIpc) is 1.89. The van der Waals surface area contributed by atoms with Crippen molar-refractivity contribution >= 4 is 0 Å². The lowest BCUT2D eigenvalue weighted by Crippen LogP contribution is -1.93. The fourth-order valence-corrected chi connectivity index (χ4v) is 1.01. The predicted octanol–water partition coefficient (Wildman–Crippen LogP) is 2.36. The van der Waals surface area contributed by atoms with Crippen LogP contribution in [0.25, 0.3) is 0 Å². The third-order valence-electron chi connectivity index (χ3n) is 1.67. The molecule has 60 valence electrons. The van der Waals surface area contributed by atoms with E-state index in [1.807, 2.05) is 6.08 Å². The maximum absolute atomic E-state index is 8.49. The van der Waals surface area contributed by atoms with Gasteiger partial charge in [0, 0.05) is 6.61 Å². The molecule has 0 fully saturated rings. The van der Waals surface area contributed by atoms with E-state index >= 15 is 0 Å². The van der Waals surface area contributed by atoms with Gasteiger partial charge in [0.2, 0.25) is 0 Å². The number of aliphatic hydroxyl groups is 1. The normalized spacial score (nSPS) is 13.0. The number of hydrogen-bond donors (Lipinski definition) is 1. The minimum atomic E-state index is 0.334. The Balaban J connectivity index is 3.04. The van der Waals surface area contributed by atoms with Crippen LogP contribution in [-0.2, 0) is 0 Å². The molecule has 0 aromatic carbocycles. The Labute approximate surface area is 63.8 Å². The largest absolute Gasteiger partial charge is 0.396 e. The molecule has 0 aromatic rings. The Bertz CT molecular complexity index is 78.8. The van der Waals surface area contributed by atoms with Crippen molar-refractivity contribution in [2.24, 2.45) is 5.92 Å². The molecule has 0 heterocycles. The fraction of sp³-hybridized carbons (Fsp3) is 0.778. The first-order chi connectivity index (χ1) is 4.81. The second-order valence-electron chi connectivity index (χ2n) is 2.85. The van der Waals surface area contributed by atoms with E-state index in [4.69, 9.17) is 5.11 Å². The molecule has 0 bridgehead atoms. The van der Waals surface area contributed by atoms with Gasteiger partial charge in [-0.1, -0.05) is 25.8 Å². The van der Waals surface area contributed by atoms with Crippen molar-refractivity contribution in [2.75, 3.05) is 6.61 Å². The molecule has 0 aliphatic carbocycles. The number of rotatable bonds is 6. The second-order valence-corrected chi connectivity index (χ2v) is 2.85. The van der Waals surface area contributed by atoms with Gasteiger partial charge in [0.1, 0.15) is 0 Å². The average molecular weight is 142 g/mol. The van der Waals surface area contributed by atoms with Gasteiger partial charge in [0.05, 0.1) is 0 Å². The molecule has 1 heteroatoms. The first-order valence-electron chi connectivity index (χ1n) is 4.03. The quantitative estimate of drug-likeness (QED) is 0.446. The summed E-state index contributed by atoms with van der Waals surface area (Å²) in [5.74, 6) is 0.740. The van der Waals surface area contributed by atoms with Gasteiger partial charge in [-0.2, -0.15) is 0 Å². The summed E-state index contributed by atoms with van der Waals surface area (Å²) in [5, 5.41) is 8.49. The van der Waals surface area contributed by atoms with Crippen molar-refractivity contribution in [1.82, 2.24) is 0 Å². The standard InChI is InChI=1S/C9H18O/c1-3-6-9(2)7-4-5-8-10/h3,9-10H,1,4-8H2,2H3. The highest BCUT2D eigenvalue weighted by atomic mass is 16.2.